The molecule has 0 bridgehead atoms. The lowest BCUT2D eigenvalue weighted by molar-refractivity contribution is 0.0599. The van der Waals surface area contributed by atoms with Gasteiger partial charge in [0.15, 0.2) is 0 Å². The van der Waals surface area contributed by atoms with Crippen molar-refractivity contribution in [2.24, 2.45) is 0 Å². The number of H-pyrrole nitrogens is 1. The van der Waals surface area contributed by atoms with Crippen molar-refractivity contribution in [1.82, 2.24) is 9.97 Å². The van der Waals surface area contributed by atoms with Crippen LogP contribution in [0.15, 0.2) is 18.3 Å². The number of carbonyl (C=O) groups excluding carboxylic acids is 2. The van der Waals surface area contributed by atoms with Crippen molar-refractivity contribution in [3.63, 3.8) is 0 Å². The van der Waals surface area contributed by atoms with Crippen LogP contribution in [0, 0.1) is 20.8 Å². The van der Waals surface area contributed by atoms with Crippen LogP contribution in [0.25, 0.3) is 0 Å². The molecule has 0 aromatic carbocycles. The molecule has 21 heavy (non-hydrogen) atoms. The number of esters is 1. The molecule has 2 aromatic rings. The van der Waals surface area contributed by atoms with Gasteiger partial charge in [0.1, 0.15) is 5.69 Å². The maximum Gasteiger partial charge on any atom is 0.339 e. The molecule has 2 N–H and O–H groups in total. The lowest BCUT2D eigenvalue weighted by Gasteiger charge is -2.05. The van der Waals surface area contributed by atoms with Gasteiger partial charge >= 0.3 is 5.97 Å². The third-order valence-corrected chi connectivity index (χ3v) is 3.21. The number of rotatable bonds is 3. The van der Waals surface area contributed by atoms with E-state index in [-0.39, 0.29) is 5.91 Å². The summed E-state index contributed by atoms with van der Waals surface area (Å²) >= 11 is 0. The molecule has 2 aromatic heterocycles. The van der Waals surface area contributed by atoms with Crippen molar-refractivity contribution >= 4 is 17.6 Å². The SMILES string of the molecule is COC(=O)c1c(C)[nH]c(C(=O)Nc2ccnc(C)c2)c1C. The highest BCUT2D eigenvalue weighted by Gasteiger charge is 2.22. The Hall–Kier alpha value is -2.63. The number of aromatic nitrogens is 2. The minimum absolute atomic E-state index is 0.309. The number of pyridine rings is 1. The van der Waals surface area contributed by atoms with E-state index < -0.39 is 5.97 Å². The van der Waals surface area contributed by atoms with E-state index in [0.717, 1.165) is 5.69 Å². The van der Waals surface area contributed by atoms with Crippen LogP contribution in [0.3, 0.4) is 0 Å². The number of nitrogens with zero attached hydrogens (tertiary/aromatic N) is 1. The number of hydrogen-bond donors (Lipinski definition) is 2. The Morgan fingerprint density at radius 2 is 2.00 bits per heavy atom. The van der Waals surface area contributed by atoms with E-state index in [9.17, 15) is 9.59 Å². The van der Waals surface area contributed by atoms with Crippen LogP contribution >= 0.6 is 0 Å². The average Bonchev–Trinajstić information content (AvgIpc) is 2.73. The number of ether oxygens (including phenoxy) is 1. The fourth-order valence-corrected chi connectivity index (χ4v) is 2.20. The highest BCUT2D eigenvalue weighted by Crippen LogP contribution is 2.20. The maximum atomic E-state index is 12.3. The smallest absolute Gasteiger partial charge is 0.339 e. The number of aromatic amines is 1. The molecule has 6 nitrogen and oxygen atoms in total. The van der Waals surface area contributed by atoms with Gasteiger partial charge in [-0.15, -0.1) is 0 Å². The van der Waals surface area contributed by atoms with Crippen LogP contribution < -0.4 is 5.32 Å². The Morgan fingerprint density at radius 1 is 1.29 bits per heavy atom. The normalized spacial score (nSPS) is 10.3. The van der Waals surface area contributed by atoms with Crippen molar-refractivity contribution in [1.29, 1.82) is 0 Å². The molecule has 2 rings (SSSR count). The van der Waals surface area contributed by atoms with Crippen molar-refractivity contribution in [2.45, 2.75) is 20.8 Å². The van der Waals surface area contributed by atoms with Crippen molar-refractivity contribution in [3.8, 4) is 0 Å². The van der Waals surface area contributed by atoms with Crippen molar-refractivity contribution < 1.29 is 14.3 Å². The Balaban J connectivity index is 2.30. The molecule has 1 amide bonds. The largest absolute Gasteiger partial charge is 0.465 e. The number of nitrogens with one attached hydrogen (secondary N) is 2. The zero-order chi connectivity index (χ0) is 15.6. The zero-order valence-corrected chi connectivity index (χ0v) is 12.4. The molecular weight excluding hydrogens is 270 g/mol. The minimum Gasteiger partial charge on any atom is -0.465 e. The molecule has 0 fully saturated rings. The second-order valence-electron chi connectivity index (χ2n) is 4.76. The monoisotopic (exact) mass is 287 g/mol. The molecule has 0 atom stereocenters. The van der Waals surface area contributed by atoms with Gasteiger partial charge in [-0.1, -0.05) is 0 Å². The predicted molar refractivity (Wildman–Crippen MR) is 78.5 cm³/mol. The molecule has 0 aliphatic rings. The van der Waals surface area contributed by atoms with Crippen LogP contribution in [0.2, 0.25) is 0 Å². The number of carbonyl (C=O) groups is 2. The summed E-state index contributed by atoms with van der Waals surface area (Å²) in [5.41, 5.74) is 3.38. The van der Waals surface area contributed by atoms with Crippen LogP contribution in [-0.4, -0.2) is 29.0 Å². The first-order valence-corrected chi connectivity index (χ1v) is 6.45. The fourth-order valence-electron chi connectivity index (χ4n) is 2.20. The molecule has 0 aliphatic carbocycles. The van der Waals surface area contributed by atoms with Crippen LogP contribution in [0.1, 0.15) is 37.8 Å². The van der Waals surface area contributed by atoms with Gasteiger partial charge in [0, 0.05) is 23.3 Å². The van der Waals surface area contributed by atoms with Gasteiger partial charge in [-0.3, -0.25) is 9.78 Å². The molecule has 6 heteroatoms. The second kappa shape index (κ2) is 5.78. The molecule has 2 heterocycles. The van der Waals surface area contributed by atoms with Gasteiger partial charge in [-0.2, -0.15) is 0 Å². The quantitative estimate of drug-likeness (QED) is 0.849. The number of amides is 1. The average molecular weight is 287 g/mol. The lowest BCUT2D eigenvalue weighted by atomic mass is 10.1. The molecule has 110 valence electrons. The number of hydrogen-bond acceptors (Lipinski definition) is 4. The van der Waals surface area contributed by atoms with E-state index in [1.54, 1.807) is 32.2 Å². The van der Waals surface area contributed by atoms with E-state index in [2.05, 4.69) is 15.3 Å². The summed E-state index contributed by atoms with van der Waals surface area (Å²) in [6.45, 7) is 5.28. The molecule has 0 saturated heterocycles. The van der Waals surface area contributed by atoms with Crippen molar-refractivity contribution in [2.75, 3.05) is 12.4 Å². The Morgan fingerprint density at radius 3 is 2.62 bits per heavy atom. The van der Waals surface area contributed by atoms with Gasteiger partial charge in [0.05, 0.1) is 12.7 Å². The summed E-state index contributed by atoms with van der Waals surface area (Å²) in [4.78, 5) is 31.0. The molecule has 0 unspecified atom stereocenters. The lowest BCUT2D eigenvalue weighted by Crippen LogP contribution is -2.14. The number of methoxy groups -OCH3 is 1. The molecule has 0 saturated carbocycles. The van der Waals surface area contributed by atoms with E-state index in [0.29, 0.717) is 28.2 Å². The Kier molecular flexibility index (Phi) is 4.07. The molecular formula is C15H17N3O3. The first kappa shape index (κ1) is 14.8. The maximum absolute atomic E-state index is 12.3. The molecule has 0 radical (unpaired) electrons. The van der Waals surface area contributed by atoms with E-state index in [1.807, 2.05) is 6.92 Å². The molecule has 0 spiro atoms. The number of aryl methyl sites for hydroxylation is 2. The van der Waals surface area contributed by atoms with E-state index >= 15 is 0 Å². The standard InChI is InChI=1S/C15H17N3O3/c1-8-7-11(5-6-16-8)18-14(19)13-9(2)12(10(3)17-13)15(20)21-4/h5-7,17H,1-4H3,(H,16,18,19). The highest BCUT2D eigenvalue weighted by atomic mass is 16.5. The predicted octanol–water partition coefficient (Wildman–Crippen LogP) is 2.37. The summed E-state index contributed by atoms with van der Waals surface area (Å²) in [6, 6.07) is 3.47. The van der Waals surface area contributed by atoms with Gasteiger partial charge in [0.2, 0.25) is 0 Å². The summed E-state index contributed by atoms with van der Waals surface area (Å²) in [5.74, 6) is -0.767. The number of anilines is 1. The summed E-state index contributed by atoms with van der Waals surface area (Å²) < 4.78 is 4.73. The Bertz CT molecular complexity index is 704. The van der Waals surface area contributed by atoms with Crippen LogP contribution in [0.4, 0.5) is 5.69 Å². The second-order valence-corrected chi connectivity index (χ2v) is 4.76. The van der Waals surface area contributed by atoms with Gasteiger partial charge in [0.25, 0.3) is 5.91 Å². The van der Waals surface area contributed by atoms with Gasteiger partial charge < -0.3 is 15.0 Å². The minimum atomic E-state index is -0.458. The third kappa shape index (κ3) is 2.94. The topological polar surface area (TPSA) is 84.1 Å². The summed E-state index contributed by atoms with van der Waals surface area (Å²) in [5, 5.41) is 2.78. The zero-order valence-electron chi connectivity index (χ0n) is 12.4. The summed E-state index contributed by atoms with van der Waals surface area (Å²) in [7, 11) is 1.31. The fraction of sp³-hybridized carbons (Fsp3) is 0.267. The first-order valence-electron chi connectivity index (χ1n) is 6.45. The Labute approximate surface area is 122 Å². The third-order valence-electron chi connectivity index (χ3n) is 3.21. The highest BCUT2D eigenvalue weighted by molar-refractivity contribution is 6.06. The van der Waals surface area contributed by atoms with Gasteiger partial charge in [-0.05, 0) is 38.5 Å². The van der Waals surface area contributed by atoms with E-state index in [4.69, 9.17) is 4.74 Å². The van der Waals surface area contributed by atoms with E-state index in [1.165, 1.54) is 7.11 Å². The summed E-state index contributed by atoms with van der Waals surface area (Å²) in [6.07, 6.45) is 1.62. The van der Waals surface area contributed by atoms with Crippen LogP contribution in [0.5, 0.6) is 0 Å². The first-order chi connectivity index (χ1) is 9.93. The van der Waals surface area contributed by atoms with Crippen LogP contribution in [-0.2, 0) is 4.74 Å². The van der Waals surface area contributed by atoms with Crippen molar-refractivity contribution in [3.05, 3.63) is 46.5 Å². The van der Waals surface area contributed by atoms with Gasteiger partial charge in [-0.25, -0.2) is 4.79 Å². The molecule has 0 aliphatic heterocycles.